The molecular weight excluding hydrogens is 166 g/mol. The summed E-state index contributed by atoms with van der Waals surface area (Å²) < 4.78 is 6.84. The maximum Gasteiger partial charge on any atom is 0.253 e. The van der Waals surface area contributed by atoms with E-state index in [9.17, 15) is 0 Å². The molecule has 4 nitrogen and oxygen atoms in total. The number of aryl methyl sites for hydroxylation is 2. The van der Waals surface area contributed by atoms with Crippen LogP contribution in [-0.4, -0.2) is 16.9 Å². The van der Waals surface area contributed by atoms with E-state index in [0.717, 1.165) is 11.3 Å². The van der Waals surface area contributed by atoms with Gasteiger partial charge in [0.05, 0.1) is 12.8 Å². The van der Waals surface area contributed by atoms with Crippen molar-refractivity contribution in [1.82, 2.24) is 9.78 Å². The number of hydrogen-bond donors (Lipinski definition) is 0. The first-order chi connectivity index (χ1) is 6.11. The van der Waals surface area contributed by atoms with E-state index in [1.54, 1.807) is 11.8 Å². The second-order valence-electron chi connectivity index (χ2n) is 2.94. The van der Waals surface area contributed by atoms with E-state index in [2.05, 4.69) is 9.94 Å². The summed E-state index contributed by atoms with van der Waals surface area (Å²) in [6.07, 6.45) is 0. The number of methoxy groups -OCH3 is 1. The van der Waals surface area contributed by atoms with Crippen LogP contribution in [0.3, 0.4) is 0 Å². The summed E-state index contributed by atoms with van der Waals surface area (Å²) in [6.45, 7) is 10.7. The summed E-state index contributed by atoms with van der Waals surface area (Å²) in [5.41, 5.74) is 1.75. The number of aromatic nitrogens is 2. The molecule has 0 N–H and O–H groups in total. The molecule has 70 valence electrons. The molecule has 1 aromatic heterocycles. The third-order valence-corrected chi connectivity index (χ3v) is 2.02. The Balaban J connectivity index is 3.26. The maximum atomic E-state index is 6.96. The van der Waals surface area contributed by atoms with E-state index in [-0.39, 0.29) is 6.04 Å². The fourth-order valence-electron chi connectivity index (χ4n) is 1.44. The number of rotatable bonds is 2. The fourth-order valence-corrected chi connectivity index (χ4v) is 1.44. The lowest BCUT2D eigenvalue weighted by Gasteiger charge is -2.03. The van der Waals surface area contributed by atoms with Crippen LogP contribution in [0.1, 0.15) is 24.2 Å². The van der Waals surface area contributed by atoms with Gasteiger partial charge in [-0.2, -0.15) is 5.10 Å². The molecule has 0 aliphatic rings. The van der Waals surface area contributed by atoms with Crippen molar-refractivity contribution >= 4 is 0 Å². The van der Waals surface area contributed by atoms with E-state index in [4.69, 9.17) is 11.3 Å². The van der Waals surface area contributed by atoms with Gasteiger partial charge in [0, 0.05) is 14.0 Å². The van der Waals surface area contributed by atoms with Gasteiger partial charge in [-0.25, -0.2) is 11.3 Å². The van der Waals surface area contributed by atoms with Gasteiger partial charge in [0.1, 0.15) is 5.56 Å². The monoisotopic (exact) mass is 179 g/mol. The molecule has 1 aromatic rings. The van der Waals surface area contributed by atoms with Crippen molar-refractivity contribution in [2.45, 2.75) is 19.9 Å². The molecule has 1 unspecified atom stereocenters. The van der Waals surface area contributed by atoms with E-state index in [1.165, 1.54) is 0 Å². The number of hydrogen-bond acceptors (Lipinski definition) is 2. The van der Waals surface area contributed by atoms with E-state index < -0.39 is 0 Å². The van der Waals surface area contributed by atoms with Crippen LogP contribution >= 0.6 is 0 Å². The highest BCUT2D eigenvalue weighted by Crippen LogP contribution is 2.29. The van der Waals surface area contributed by atoms with Crippen LogP contribution in [-0.2, 0) is 7.05 Å². The van der Waals surface area contributed by atoms with Gasteiger partial charge in [-0.1, -0.05) is 0 Å². The zero-order valence-corrected chi connectivity index (χ0v) is 8.33. The normalized spacial score (nSPS) is 12.2. The molecule has 0 fully saturated rings. The summed E-state index contributed by atoms with van der Waals surface area (Å²) >= 11 is 0. The maximum absolute atomic E-state index is 6.96. The molecule has 0 spiro atoms. The molecular formula is C9H13N3O. The van der Waals surface area contributed by atoms with Crippen molar-refractivity contribution in [3.8, 4) is 5.88 Å². The van der Waals surface area contributed by atoms with Crippen LogP contribution in [0.15, 0.2) is 0 Å². The molecule has 0 radical (unpaired) electrons. The van der Waals surface area contributed by atoms with Gasteiger partial charge in [-0.3, -0.25) is 0 Å². The second kappa shape index (κ2) is 3.48. The second-order valence-corrected chi connectivity index (χ2v) is 2.94. The smallest absolute Gasteiger partial charge is 0.253 e. The first-order valence-electron chi connectivity index (χ1n) is 4.05. The Kier molecular flexibility index (Phi) is 2.57. The van der Waals surface area contributed by atoms with Gasteiger partial charge in [-0.15, -0.1) is 0 Å². The SMILES string of the molecule is [C-]#[N+]C(C)c1c(C)nn(C)c1OC. The molecule has 0 saturated carbocycles. The van der Waals surface area contributed by atoms with Crippen LogP contribution in [0.2, 0.25) is 0 Å². The molecule has 0 amide bonds. The highest BCUT2D eigenvalue weighted by atomic mass is 16.5. The number of nitrogens with zero attached hydrogens (tertiary/aromatic N) is 3. The summed E-state index contributed by atoms with van der Waals surface area (Å²) in [6, 6.07) is -0.191. The summed E-state index contributed by atoms with van der Waals surface area (Å²) in [7, 11) is 3.41. The summed E-state index contributed by atoms with van der Waals surface area (Å²) in [5.74, 6) is 0.681. The van der Waals surface area contributed by atoms with Gasteiger partial charge in [0.25, 0.3) is 6.04 Å². The Morgan fingerprint density at radius 1 is 1.62 bits per heavy atom. The molecule has 1 heterocycles. The van der Waals surface area contributed by atoms with Crippen molar-refractivity contribution in [3.63, 3.8) is 0 Å². The predicted molar refractivity (Wildman–Crippen MR) is 49.5 cm³/mol. The first-order valence-corrected chi connectivity index (χ1v) is 4.05. The van der Waals surface area contributed by atoms with E-state index >= 15 is 0 Å². The van der Waals surface area contributed by atoms with Gasteiger partial charge < -0.3 is 9.58 Å². The zero-order valence-electron chi connectivity index (χ0n) is 8.33. The molecule has 1 rings (SSSR count). The minimum Gasteiger partial charge on any atom is -0.481 e. The van der Waals surface area contributed by atoms with Gasteiger partial charge >= 0.3 is 0 Å². The molecule has 0 aliphatic heterocycles. The minimum atomic E-state index is -0.191. The lowest BCUT2D eigenvalue weighted by atomic mass is 10.1. The van der Waals surface area contributed by atoms with E-state index in [1.807, 2.05) is 20.9 Å². The van der Waals surface area contributed by atoms with Gasteiger partial charge in [0.2, 0.25) is 5.88 Å². The molecule has 0 bridgehead atoms. The van der Waals surface area contributed by atoms with Crippen LogP contribution in [0.25, 0.3) is 4.85 Å². The third-order valence-electron chi connectivity index (χ3n) is 2.02. The molecule has 1 atom stereocenters. The molecule has 0 aliphatic carbocycles. The Labute approximate surface area is 77.9 Å². The average Bonchev–Trinajstić information content (AvgIpc) is 2.39. The predicted octanol–water partition coefficient (Wildman–Crippen LogP) is 1.72. The van der Waals surface area contributed by atoms with Crippen molar-refractivity contribution in [1.29, 1.82) is 0 Å². The van der Waals surface area contributed by atoms with Crippen LogP contribution < -0.4 is 4.74 Å². The molecule has 13 heavy (non-hydrogen) atoms. The molecule has 4 heteroatoms. The summed E-state index contributed by atoms with van der Waals surface area (Å²) in [5, 5.41) is 4.20. The fraction of sp³-hybridized carbons (Fsp3) is 0.556. The van der Waals surface area contributed by atoms with E-state index in [0.29, 0.717) is 5.88 Å². The lowest BCUT2D eigenvalue weighted by Crippen LogP contribution is -1.97. The van der Waals surface area contributed by atoms with Crippen molar-refractivity contribution in [3.05, 3.63) is 22.7 Å². The van der Waals surface area contributed by atoms with Crippen molar-refractivity contribution < 1.29 is 4.74 Å². The van der Waals surface area contributed by atoms with Crippen LogP contribution in [0, 0.1) is 13.5 Å². The largest absolute Gasteiger partial charge is 0.481 e. The lowest BCUT2D eigenvalue weighted by molar-refractivity contribution is 0.368. The van der Waals surface area contributed by atoms with Crippen molar-refractivity contribution in [2.24, 2.45) is 7.05 Å². The Bertz CT molecular complexity index is 348. The van der Waals surface area contributed by atoms with Crippen molar-refractivity contribution in [2.75, 3.05) is 7.11 Å². The standard InChI is InChI=1S/C9H13N3O/c1-6(10-3)8-7(2)11-12(4)9(8)13-5/h6H,1-2,4-5H3. The first kappa shape index (κ1) is 9.59. The Hall–Kier alpha value is -1.50. The highest BCUT2D eigenvalue weighted by Gasteiger charge is 2.22. The van der Waals surface area contributed by atoms with Gasteiger partial charge in [0.15, 0.2) is 0 Å². The zero-order chi connectivity index (χ0) is 10.0. The van der Waals surface area contributed by atoms with Gasteiger partial charge in [-0.05, 0) is 6.92 Å². The molecule has 0 saturated heterocycles. The van der Waals surface area contributed by atoms with Crippen LogP contribution in [0.4, 0.5) is 0 Å². The Morgan fingerprint density at radius 2 is 2.23 bits per heavy atom. The van der Waals surface area contributed by atoms with Crippen LogP contribution in [0.5, 0.6) is 5.88 Å². The quantitative estimate of drug-likeness (QED) is 0.647. The third kappa shape index (κ3) is 1.50. The topological polar surface area (TPSA) is 31.4 Å². The Morgan fingerprint density at radius 3 is 2.69 bits per heavy atom. The average molecular weight is 179 g/mol. The molecule has 0 aromatic carbocycles. The summed E-state index contributed by atoms with van der Waals surface area (Å²) in [4.78, 5) is 3.46. The minimum absolute atomic E-state index is 0.191. The highest BCUT2D eigenvalue weighted by molar-refractivity contribution is 5.35. The number of ether oxygens (including phenoxy) is 1.